The molecule has 2 aromatic rings. The first-order chi connectivity index (χ1) is 9.25. The molecule has 1 aromatic carbocycles. The van der Waals surface area contributed by atoms with Gasteiger partial charge in [0.2, 0.25) is 5.91 Å². The lowest BCUT2D eigenvalue weighted by Crippen LogP contribution is -2.33. The number of fused-ring (bicyclic) bond motifs is 1. The summed E-state index contributed by atoms with van der Waals surface area (Å²) >= 11 is 0. The van der Waals surface area contributed by atoms with E-state index in [1.54, 1.807) is 6.20 Å². The lowest BCUT2D eigenvalue weighted by Gasteiger charge is -2.22. The molecule has 98 valence electrons. The number of benzene rings is 1. The van der Waals surface area contributed by atoms with Gasteiger partial charge in [-0.05, 0) is 30.7 Å². The maximum absolute atomic E-state index is 11.7. The summed E-state index contributed by atoms with van der Waals surface area (Å²) in [5, 5.41) is 3.81. The molecule has 0 aliphatic carbocycles. The third-order valence-corrected chi connectivity index (χ3v) is 3.38. The minimum absolute atomic E-state index is 0.0541. The third-order valence-electron chi connectivity index (χ3n) is 3.38. The van der Waals surface area contributed by atoms with Crippen molar-refractivity contribution < 1.29 is 4.79 Å². The van der Waals surface area contributed by atoms with Gasteiger partial charge in [-0.3, -0.25) is 9.78 Å². The van der Waals surface area contributed by atoms with Crippen LogP contribution in [-0.2, 0) is 4.79 Å². The molecular formula is C14H16N4O. The summed E-state index contributed by atoms with van der Waals surface area (Å²) in [6.45, 7) is 1.94. The van der Waals surface area contributed by atoms with Crippen molar-refractivity contribution >= 4 is 28.2 Å². The predicted molar refractivity (Wildman–Crippen MR) is 76.0 cm³/mol. The first-order valence-electron chi connectivity index (χ1n) is 6.40. The second-order valence-corrected chi connectivity index (χ2v) is 4.70. The topological polar surface area (TPSA) is 71.2 Å². The maximum atomic E-state index is 11.7. The number of carbonyl (C=O) groups is 1. The van der Waals surface area contributed by atoms with E-state index in [0.29, 0.717) is 12.2 Å². The molecule has 0 atom stereocenters. The molecule has 19 heavy (non-hydrogen) atoms. The van der Waals surface area contributed by atoms with E-state index < -0.39 is 0 Å². The minimum Gasteiger partial charge on any atom is -0.398 e. The Morgan fingerprint density at radius 1 is 1.32 bits per heavy atom. The molecule has 5 nitrogen and oxygen atoms in total. The average Bonchev–Trinajstić information content (AvgIpc) is 2.64. The van der Waals surface area contributed by atoms with Gasteiger partial charge in [0.05, 0.1) is 17.7 Å². The fourth-order valence-corrected chi connectivity index (χ4v) is 2.45. The summed E-state index contributed by atoms with van der Waals surface area (Å²) in [6, 6.07) is 7.65. The lowest BCUT2D eigenvalue weighted by atomic mass is 10.1. The highest BCUT2D eigenvalue weighted by Crippen LogP contribution is 2.29. The van der Waals surface area contributed by atoms with Crippen LogP contribution in [0.5, 0.6) is 0 Å². The van der Waals surface area contributed by atoms with Crippen LogP contribution in [0.2, 0.25) is 0 Å². The molecule has 0 unspecified atom stereocenters. The molecule has 0 bridgehead atoms. The van der Waals surface area contributed by atoms with E-state index in [9.17, 15) is 4.79 Å². The zero-order chi connectivity index (χ0) is 13.2. The number of nitrogens with one attached hydrogen (secondary N) is 1. The number of nitrogen functional groups attached to an aromatic ring is 1. The van der Waals surface area contributed by atoms with E-state index in [1.165, 1.54) is 0 Å². The molecule has 0 saturated carbocycles. The second-order valence-electron chi connectivity index (χ2n) is 4.70. The molecule has 1 fully saturated rings. The molecule has 1 aromatic heterocycles. The highest BCUT2D eigenvalue weighted by Gasteiger charge is 2.17. The van der Waals surface area contributed by atoms with E-state index in [2.05, 4.69) is 15.2 Å². The van der Waals surface area contributed by atoms with Gasteiger partial charge in [-0.1, -0.05) is 0 Å². The average molecular weight is 256 g/mol. The molecule has 1 amide bonds. The number of anilines is 2. The summed E-state index contributed by atoms with van der Waals surface area (Å²) in [7, 11) is 0. The summed E-state index contributed by atoms with van der Waals surface area (Å²) in [5.41, 5.74) is 8.52. The van der Waals surface area contributed by atoms with E-state index in [1.807, 2.05) is 24.3 Å². The smallest absolute Gasteiger partial charge is 0.239 e. The molecule has 2 heterocycles. The van der Waals surface area contributed by atoms with Gasteiger partial charge < -0.3 is 16.0 Å². The van der Waals surface area contributed by atoms with Gasteiger partial charge in [-0.2, -0.15) is 0 Å². The van der Waals surface area contributed by atoms with Crippen molar-refractivity contribution in [3.8, 4) is 0 Å². The van der Waals surface area contributed by atoms with Crippen LogP contribution >= 0.6 is 0 Å². The molecule has 0 radical (unpaired) electrons. The van der Waals surface area contributed by atoms with Crippen molar-refractivity contribution in [2.24, 2.45) is 0 Å². The van der Waals surface area contributed by atoms with Gasteiger partial charge in [0.15, 0.2) is 0 Å². The van der Waals surface area contributed by atoms with E-state index in [4.69, 9.17) is 5.73 Å². The number of amides is 1. The maximum Gasteiger partial charge on any atom is 0.239 e. The van der Waals surface area contributed by atoms with Crippen LogP contribution in [-0.4, -0.2) is 30.5 Å². The van der Waals surface area contributed by atoms with Crippen molar-refractivity contribution in [3.63, 3.8) is 0 Å². The van der Waals surface area contributed by atoms with Crippen LogP contribution in [0, 0.1) is 0 Å². The monoisotopic (exact) mass is 256 g/mol. The molecule has 1 aliphatic heterocycles. The first-order valence-corrected chi connectivity index (χ1v) is 6.40. The number of hydrogen-bond acceptors (Lipinski definition) is 4. The quantitative estimate of drug-likeness (QED) is 0.751. The fraction of sp³-hybridized carbons (Fsp3) is 0.286. The van der Waals surface area contributed by atoms with Crippen LogP contribution in [0.1, 0.15) is 6.42 Å². The molecule has 0 spiro atoms. The third kappa shape index (κ3) is 2.19. The zero-order valence-corrected chi connectivity index (χ0v) is 10.6. The van der Waals surface area contributed by atoms with Crippen LogP contribution in [0.25, 0.3) is 10.9 Å². The summed E-state index contributed by atoms with van der Waals surface area (Å²) in [6.07, 6.45) is 2.69. The standard InChI is InChI=1S/C14H16N4O/c15-11-4-5-12(14-10(11)3-1-6-17-14)18-8-2-7-16-13(19)9-18/h1,3-6H,2,7-9,15H2,(H,16,19). The van der Waals surface area contributed by atoms with Crippen molar-refractivity contribution in [1.29, 1.82) is 0 Å². The Hall–Kier alpha value is -2.30. The molecule has 1 aliphatic rings. The van der Waals surface area contributed by atoms with Crippen molar-refractivity contribution in [1.82, 2.24) is 10.3 Å². The molecule has 5 heteroatoms. The van der Waals surface area contributed by atoms with E-state index >= 15 is 0 Å². The van der Waals surface area contributed by atoms with Gasteiger partial charge in [0.1, 0.15) is 0 Å². The fourth-order valence-electron chi connectivity index (χ4n) is 2.45. The summed E-state index contributed by atoms with van der Waals surface area (Å²) in [4.78, 5) is 18.2. The number of nitrogens with zero attached hydrogens (tertiary/aromatic N) is 2. The Balaban J connectivity index is 2.09. The Morgan fingerprint density at radius 2 is 2.21 bits per heavy atom. The second kappa shape index (κ2) is 4.76. The van der Waals surface area contributed by atoms with Crippen LogP contribution < -0.4 is 16.0 Å². The van der Waals surface area contributed by atoms with E-state index in [0.717, 1.165) is 36.1 Å². The number of hydrogen-bond donors (Lipinski definition) is 2. The summed E-state index contributed by atoms with van der Waals surface area (Å²) in [5.74, 6) is 0.0541. The number of rotatable bonds is 1. The Morgan fingerprint density at radius 3 is 3.11 bits per heavy atom. The number of aromatic nitrogens is 1. The first kappa shape index (κ1) is 11.8. The van der Waals surface area contributed by atoms with E-state index in [-0.39, 0.29) is 5.91 Å². The predicted octanol–water partition coefficient (Wildman–Crippen LogP) is 1.14. The molecular weight excluding hydrogens is 240 g/mol. The zero-order valence-electron chi connectivity index (χ0n) is 10.6. The van der Waals surface area contributed by atoms with Crippen molar-refractivity contribution in [3.05, 3.63) is 30.5 Å². The summed E-state index contributed by atoms with van der Waals surface area (Å²) < 4.78 is 0. The molecule has 1 saturated heterocycles. The van der Waals surface area contributed by atoms with Gasteiger partial charge >= 0.3 is 0 Å². The highest BCUT2D eigenvalue weighted by molar-refractivity contribution is 5.99. The Kier molecular flexibility index (Phi) is 2.95. The molecule has 3 rings (SSSR count). The van der Waals surface area contributed by atoms with Crippen LogP contribution in [0.4, 0.5) is 11.4 Å². The van der Waals surface area contributed by atoms with Gasteiger partial charge in [0.25, 0.3) is 0 Å². The number of pyridine rings is 1. The number of carbonyl (C=O) groups excluding carboxylic acids is 1. The van der Waals surface area contributed by atoms with Gasteiger partial charge in [-0.15, -0.1) is 0 Å². The normalized spacial score (nSPS) is 16.2. The van der Waals surface area contributed by atoms with Crippen LogP contribution in [0.3, 0.4) is 0 Å². The minimum atomic E-state index is 0.0541. The van der Waals surface area contributed by atoms with Crippen molar-refractivity contribution in [2.45, 2.75) is 6.42 Å². The van der Waals surface area contributed by atoms with Gasteiger partial charge in [-0.25, -0.2) is 0 Å². The van der Waals surface area contributed by atoms with Gasteiger partial charge in [0, 0.05) is 30.4 Å². The Labute approximate surface area is 111 Å². The Bertz CT molecular complexity index is 626. The lowest BCUT2D eigenvalue weighted by molar-refractivity contribution is -0.119. The highest BCUT2D eigenvalue weighted by atomic mass is 16.2. The number of nitrogens with two attached hydrogens (primary N) is 1. The van der Waals surface area contributed by atoms with Crippen molar-refractivity contribution in [2.75, 3.05) is 30.3 Å². The largest absolute Gasteiger partial charge is 0.398 e. The SMILES string of the molecule is Nc1ccc(N2CCCNC(=O)C2)c2ncccc12. The van der Waals surface area contributed by atoms with Crippen LogP contribution in [0.15, 0.2) is 30.5 Å². The molecule has 3 N–H and O–H groups in total.